The van der Waals surface area contributed by atoms with Crippen molar-refractivity contribution in [3.63, 3.8) is 0 Å². The molecule has 7 nitrogen and oxygen atoms in total. The Morgan fingerprint density at radius 3 is 2.82 bits per heavy atom. The van der Waals surface area contributed by atoms with Gasteiger partial charge >= 0.3 is 0 Å². The van der Waals surface area contributed by atoms with Crippen molar-refractivity contribution in [1.29, 1.82) is 0 Å². The van der Waals surface area contributed by atoms with E-state index < -0.39 is 0 Å². The van der Waals surface area contributed by atoms with E-state index in [-0.39, 0.29) is 11.7 Å². The third-order valence-corrected chi connectivity index (χ3v) is 7.74. The van der Waals surface area contributed by atoms with E-state index in [9.17, 15) is 4.79 Å². The molecular formula is C23H27FN6OS2. The summed E-state index contributed by atoms with van der Waals surface area (Å²) in [6.07, 6.45) is 5.28. The summed E-state index contributed by atoms with van der Waals surface area (Å²) in [5, 5.41) is 3.92. The number of anilines is 2. The minimum absolute atomic E-state index is 0.230. The van der Waals surface area contributed by atoms with Gasteiger partial charge in [0.2, 0.25) is 12.4 Å². The lowest BCUT2D eigenvalue weighted by Gasteiger charge is -2.27. The van der Waals surface area contributed by atoms with E-state index in [0.717, 1.165) is 41.3 Å². The smallest absolute Gasteiger partial charge is 0.222 e. The number of aromatic nitrogens is 3. The van der Waals surface area contributed by atoms with Crippen LogP contribution in [0.5, 0.6) is 0 Å². The Morgan fingerprint density at radius 1 is 1.27 bits per heavy atom. The molecule has 2 aromatic heterocycles. The summed E-state index contributed by atoms with van der Waals surface area (Å²) in [6, 6.07) is 7.18. The molecule has 4 rings (SSSR count). The molecule has 1 saturated heterocycles. The molecule has 10 heteroatoms. The molecule has 2 N–H and O–H groups in total. The monoisotopic (exact) mass is 486 g/mol. The van der Waals surface area contributed by atoms with Gasteiger partial charge in [0.25, 0.3) is 0 Å². The fraction of sp³-hybridized carbons (Fsp3) is 0.391. The molecule has 33 heavy (non-hydrogen) atoms. The summed E-state index contributed by atoms with van der Waals surface area (Å²) in [7, 11) is 1.77. The zero-order valence-corrected chi connectivity index (χ0v) is 20.3. The number of halogens is 1. The van der Waals surface area contributed by atoms with Crippen molar-refractivity contribution >= 4 is 41.3 Å². The van der Waals surface area contributed by atoms with Gasteiger partial charge in [-0.25, -0.2) is 19.3 Å². The van der Waals surface area contributed by atoms with Crippen LogP contribution in [0.2, 0.25) is 0 Å². The Labute approximate surface area is 201 Å². The molecule has 1 fully saturated rings. The molecular weight excluding hydrogens is 459 g/mol. The molecule has 0 unspecified atom stereocenters. The summed E-state index contributed by atoms with van der Waals surface area (Å²) in [4.78, 5) is 27.5. The Kier molecular flexibility index (Phi) is 7.77. The van der Waals surface area contributed by atoms with Gasteiger partial charge in [0, 0.05) is 43.6 Å². The summed E-state index contributed by atoms with van der Waals surface area (Å²) in [5.74, 6) is 1.30. The number of rotatable bonds is 9. The summed E-state index contributed by atoms with van der Waals surface area (Å²) < 4.78 is 18.7. The van der Waals surface area contributed by atoms with Gasteiger partial charge in [-0.3, -0.25) is 4.79 Å². The summed E-state index contributed by atoms with van der Waals surface area (Å²) in [5.41, 5.74) is 2.20. The van der Waals surface area contributed by atoms with Crippen molar-refractivity contribution in [3.8, 4) is 21.8 Å². The number of likely N-dealkylation sites (tertiary alicyclic amines) is 1. The van der Waals surface area contributed by atoms with Crippen LogP contribution in [0.25, 0.3) is 21.8 Å². The number of benzene rings is 1. The second kappa shape index (κ2) is 10.9. The number of hydrogen-bond donors (Lipinski definition) is 2. The maximum atomic E-state index is 15.6. The molecule has 1 aromatic carbocycles. The number of carbonyl (C=O) groups excluding carboxylic acids is 1. The van der Waals surface area contributed by atoms with Gasteiger partial charge in [-0.2, -0.15) is 0 Å². The van der Waals surface area contributed by atoms with Crippen LogP contribution in [0.1, 0.15) is 37.1 Å². The van der Waals surface area contributed by atoms with E-state index in [4.69, 9.17) is 4.98 Å². The molecule has 0 aliphatic carbocycles. The Balaban J connectivity index is 1.75. The highest BCUT2D eigenvalue weighted by Crippen LogP contribution is 2.42. The highest BCUT2D eigenvalue weighted by molar-refractivity contribution is 8.00. The van der Waals surface area contributed by atoms with Crippen LogP contribution in [-0.4, -0.2) is 52.2 Å². The molecule has 3 heterocycles. The maximum absolute atomic E-state index is 15.6. The molecule has 1 amide bonds. The Hall–Kier alpha value is -2.72. The fourth-order valence-electron chi connectivity index (χ4n) is 3.75. The molecule has 1 aliphatic heterocycles. The Morgan fingerprint density at radius 2 is 2.09 bits per heavy atom. The van der Waals surface area contributed by atoms with Crippen LogP contribution in [0.3, 0.4) is 0 Å². The van der Waals surface area contributed by atoms with Crippen molar-refractivity contribution < 1.29 is 9.18 Å². The van der Waals surface area contributed by atoms with Crippen molar-refractivity contribution in [2.45, 2.75) is 32.1 Å². The molecule has 0 saturated carbocycles. The molecule has 0 spiro atoms. The minimum atomic E-state index is -0.321. The zero-order chi connectivity index (χ0) is 23.2. The third-order valence-electron chi connectivity index (χ3n) is 5.53. The first-order valence-electron chi connectivity index (χ1n) is 11.0. The number of amides is 1. The average molecular weight is 487 g/mol. The van der Waals surface area contributed by atoms with Gasteiger partial charge in [0.1, 0.15) is 0 Å². The van der Waals surface area contributed by atoms with Crippen LogP contribution >= 0.6 is 23.3 Å². The minimum Gasteiger partial charge on any atom is -0.357 e. The van der Waals surface area contributed by atoms with Crippen molar-refractivity contribution in [3.05, 3.63) is 41.3 Å². The van der Waals surface area contributed by atoms with Gasteiger partial charge in [0.15, 0.2) is 5.82 Å². The average Bonchev–Trinajstić information content (AvgIpc) is 3.30. The van der Waals surface area contributed by atoms with Gasteiger partial charge in [0.05, 0.1) is 27.0 Å². The predicted molar refractivity (Wildman–Crippen MR) is 134 cm³/mol. The maximum Gasteiger partial charge on any atom is 0.222 e. The van der Waals surface area contributed by atoms with Gasteiger partial charge in [-0.1, -0.05) is 24.9 Å². The van der Waals surface area contributed by atoms with E-state index >= 15 is 4.39 Å². The first-order chi connectivity index (χ1) is 16.1. The van der Waals surface area contributed by atoms with Crippen LogP contribution in [0, 0.1) is 5.82 Å². The first-order valence-corrected chi connectivity index (χ1v) is 12.8. The zero-order valence-electron chi connectivity index (χ0n) is 18.7. The molecule has 1 aliphatic rings. The normalized spacial score (nSPS) is 14.3. The van der Waals surface area contributed by atoms with Gasteiger partial charge in [-0.05, 0) is 37.5 Å². The van der Waals surface area contributed by atoms with Crippen molar-refractivity contribution in [2.24, 2.45) is 0 Å². The third kappa shape index (κ3) is 5.27. The lowest BCUT2D eigenvalue weighted by molar-refractivity contribution is -0.119. The number of nitrogens with zero attached hydrogens (tertiary/aromatic N) is 4. The SMILES string of the molecule is CCCSNc1cccc(-c2nc(C3CCN(C=O)CC3)sc2-c2ccnc(NC)n2)c1F. The predicted octanol–water partition coefficient (Wildman–Crippen LogP) is 5.25. The van der Waals surface area contributed by atoms with Crippen LogP contribution in [-0.2, 0) is 4.79 Å². The van der Waals surface area contributed by atoms with Crippen LogP contribution < -0.4 is 10.0 Å². The van der Waals surface area contributed by atoms with E-state index in [1.54, 1.807) is 41.6 Å². The second-order valence-corrected chi connectivity index (χ2v) is 9.71. The van der Waals surface area contributed by atoms with Gasteiger partial charge in [-0.15, -0.1) is 11.3 Å². The molecule has 3 aromatic rings. The summed E-state index contributed by atoms with van der Waals surface area (Å²) in [6.45, 7) is 3.50. The lowest BCUT2D eigenvalue weighted by atomic mass is 9.98. The number of thiazole rings is 1. The highest BCUT2D eigenvalue weighted by atomic mass is 32.2. The van der Waals surface area contributed by atoms with Crippen LogP contribution in [0.15, 0.2) is 30.5 Å². The highest BCUT2D eigenvalue weighted by Gasteiger charge is 2.27. The topological polar surface area (TPSA) is 83.0 Å². The van der Waals surface area contributed by atoms with Crippen LogP contribution in [0.4, 0.5) is 16.0 Å². The number of carbonyl (C=O) groups is 1. The lowest BCUT2D eigenvalue weighted by Crippen LogP contribution is -2.31. The molecule has 0 atom stereocenters. The summed E-state index contributed by atoms with van der Waals surface area (Å²) >= 11 is 3.04. The number of piperidine rings is 1. The van der Waals surface area contributed by atoms with E-state index in [2.05, 4.69) is 26.9 Å². The molecule has 174 valence electrons. The van der Waals surface area contributed by atoms with Crippen molar-refractivity contribution in [1.82, 2.24) is 19.9 Å². The molecule has 0 radical (unpaired) electrons. The quantitative estimate of drug-likeness (QED) is 0.243. The molecule has 0 bridgehead atoms. The standard InChI is InChI=1S/C23H27FN6OS2/c1-3-13-32-29-17-6-4-5-16(19(17)24)20-21(18-7-10-26-23(25-2)27-18)33-22(28-20)15-8-11-30(14-31)12-9-15/h4-7,10,14-15,29H,3,8-9,11-13H2,1-2H3,(H,25,26,27). The number of hydrogen-bond acceptors (Lipinski definition) is 8. The first kappa shape index (κ1) is 23.4. The second-order valence-electron chi connectivity index (χ2n) is 7.78. The van der Waals surface area contributed by atoms with E-state index in [1.807, 2.05) is 12.1 Å². The van der Waals surface area contributed by atoms with E-state index in [1.165, 1.54) is 11.9 Å². The number of nitrogens with one attached hydrogen (secondary N) is 2. The van der Waals surface area contributed by atoms with E-state index in [0.29, 0.717) is 41.7 Å². The largest absolute Gasteiger partial charge is 0.357 e. The Bertz CT molecular complexity index is 1100. The van der Waals surface area contributed by atoms with Gasteiger partial charge < -0.3 is 14.9 Å². The fourth-order valence-corrected chi connectivity index (χ4v) is 5.59. The van der Waals surface area contributed by atoms with Crippen molar-refractivity contribution in [2.75, 3.05) is 35.9 Å².